The third-order valence-corrected chi connectivity index (χ3v) is 3.87. The van der Waals surface area contributed by atoms with E-state index in [9.17, 15) is 19.2 Å². The number of carbonyl (C=O) groups is 4. The van der Waals surface area contributed by atoms with Crippen LogP contribution in [0.3, 0.4) is 0 Å². The molecule has 1 fully saturated rings. The second-order valence-corrected chi connectivity index (χ2v) is 6.37. The first-order chi connectivity index (χ1) is 12.6. The molecule has 1 saturated heterocycles. The molecule has 1 aliphatic heterocycles. The monoisotopic (exact) mass is 388 g/mol. The number of unbranched alkanes of at least 4 members (excludes halogenated alkanes) is 2. The minimum Gasteiger partial charge on any atom is -0.456 e. The summed E-state index contributed by atoms with van der Waals surface area (Å²) >= 11 is 0. The van der Waals surface area contributed by atoms with E-state index in [-0.39, 0.29) is 0 Å². The van der Waals surface area contributed by atoms with E-state index in [1.807, 2.05) is 6.92 Å². The fourth-order valence-corrected chi connectivity index (χ4v) is 2.94. The molecule has 0 aromatic carbocycles. The van der Waals surface area contributed by atoms with Gasteiger partial charge in [0.2, 0.25) is 12.4 Å². The molecule has 0 spiro atoms. The highest BCUT2D eigenvalue weighted by molar-refractivity contribution is 5.69. The SMILES string of the molecule is CCCCC[C@@H]1O[C@@H](OC(C)=O)[C@@H](OC(C)=O)[C@H](OC(C)=O)[C@@H]1OC(C)=O. The Labute approximate surface area is 158 Å². The predicted octanol–water partition coefficient (Wildman–Crippen LogP) is 1.65. The Bertz CT molecular complexity index is 545. The lowest BCUT2D eigenvalue weighted by molar-refractivity contribution is -0.296. The van der Waals surface area contributed by atoms with Crippen molar-refractivity contribution < 1.29 is 42.9 Å². The van der Waals surface area contributed by atoms with E-state index in [0.29, 0.717) is 6.42 Å². The third-order valence-electron chi connectivity index (χ3n) is 3.87. The fraction of sp³-hybridized carbons (Fsp3) is 0.778. The van der Waals surface area contributed by atoms with E-state index in [1.54, 1.807) is 0 Å². The summed E-state index contributed by atoms with van der Waals surface area (Å²) in [6.07, 6.45) is -2.29. The zero-order valence-corrected chi connectivity index (χ0v) is 16.4. The Morgan fingerprint density at radius 3 is 1.67 bits per heavy atom. The quantitative estimate of drug-likeness (QED) is 0.348. The highest BCUT2D eigenvalue weighted by Gasteiger charge is 2.52. The number of hydrogen-bond acceptors (Lipinski definition) is 9. The molecule has 9 nitrogen and oxygen atoms in total. The normalized spacial score (nSPS) is 27.4. The molecule has 0 saturated carbocycles. The van der Waals surface area contributed by atoms with Gasteiger partial charge in [0.15, 0.2) is 12.2 Å². The lowest BCUT2D eigenvalue weighted by Gasteiger charge is -2.44. The highest BCUT2D eigenvalue weighted by Crippen LogP contribution is 2.31. The Morgan fingerprint density at radius 1 is 0.704 bits per heavy atom. The van der Waals surface area contributed by atoms with Crippen molar-refractivity contribution in [2.45, 2.75) is 91.0 Å². The molecule has 0 unspecified atom stereocenters. The van der Waals surface area contributed by atoms with E-state index in [4.69, 9.17) is 23.7 Å². The van der Waals surface area contributed by atoms with Gasteiger partial charge in [0.1, 0.15) is 6.10 Å². The van der Waals surface area contributed by atoms with Crippen molar-refractivity contribution in [3.05, 3.63) is 0 Å². The maximum absolute atomic E-state index is 11.6. The molecule has 1 aliphatic rings. The third kappa shape index (κ3) is 7.54. The standard InChI is InChI=1S/C18H28O9/c1-6-7-8-9-14-15(23-10(2)19)16(24-11(3)20)17(25-12(4)21)18(27-14)26-13(5)22/h14-18H,6-9H2,1-5H3/t14-,15+,16+,17-,18+/m0/s1. The molecule has 0 aromatic heterocycles. The van der Waals surface area contributed by atoms with Crippen molar-refractivity contribution in [1.29, 1.82) is 0 Å². The molecule has 0 aliphatic carbocycles. The number of esters is 4. The van der Waals surface area contributed by atoms with Gasteiger partial charge in [0.05, 0.1) is 0 Å². The molecular formula is C18H28O9. The van der Waals surface area contributed by atoms with Gasteiger partial charge in [0.25, 0.3) is 0 Å². The molecule has 0 radical (unpaired) electrons. The molecular weight excluding hydrogens is 360 g/mol. The van der Waals surface area contributed by atoms with Crippen LogP contribution in [0.15, 0.2) is 0 Å². The minimum atomic E-state index is -1.28. The van der Waals surface area contributed by atoms with Crippen LogP contribution >= 0.6 is 0 Å². The Hall–Kier alpha value is -2.16. The number of carbonyl (C=O) groups excluding carboxylic acids is 4. The molecule has 0 N–H and O–H groups in total. The molecule has 1 heterocycles. The average Bonchev–Trinajstić information content (AvgIpc) is 2.52. The topological polar surface area (TPSA) is 114 Å². The first-order valence-electron chi connectivity index (χ1n) is 9.00. The second-order valence-electron chi connectivity index (χ2n) is 6.37. The molecule has 0 bridgehead atoms. The summed E-state index contributed by atoms with van der Waals surface area (Å²) < 4.78 is 26.8. The summed E-state index contributed by atoms with van der Waals surface area (Å²) in [7, 11) is 0. The first kappa shape index (κ1) is 22.9. The van der Waals surface area contributed by atoms with Gasteiger partial charge in [-0.2, -0.15) is 0 Å². The van der Waals surface area contributed by atoms with Crippen molar-refractivity contribution in [3.8, 4) is 0 Å². The van der Waals surface area contributed by atoms with Crippen LogP contribution in [-0.2, 0) is 42.9 Å². The zero-order valence-electron chi connectivity index (χ0n) is 16.4. The molecule has 5 atom stereocenters. The predicted molar refractivity (Wildman–Crippen MR) is 91.2 cm³/mol. The molecule has 0 amide bonds. The molecule has 27 heavy (non-hydrogen) atoms. The van der Waals surface area contributed by atoms with E-state index in [1.165, 1.54) is 20.8 Å². The van der Waals surface area contributed by atoms with Crippen molar-refractivity contribution in [1.82, 2.24) is 0 Å². The number of hydrogen-bond donors (Lipinski definition) is 0. The van der Waals surface area contributed by atoms with Gasteiger partial charge in [-0.25, -0.2) is 0 Å². The van der Waals surface area contributed by atoms with Crippen LogP contribution < -0.4 is 0 Å². The van der Waals surface area contributed by atoms with Crippen molar-refractivity contribution >= 4 is 23.9 Å². The van der Waals surface area contributed by atoms with E-state index in [2.05, 4.69) is 0 Å². The van der Waals surface area contributed by atoms with Gasteiger partial charge >= 0.3 is 23.9 Å². The van der Waals surface area contributed by atoms with Crippen LogP contribution in [0.4, 0.5) is 0 Å². The summed E-state index contributed by atoms with van der Waals surface area (Å²) in [6, 6.07) is 0. The van der Waals surface area contributed by atoms with Gasteiger partial charge in [-0.3, -0.25) is 19.2 Å². The summed E-state index contributed by atoms with van der Waals surface area (Å²) in [4.78, 5) is 46.2. The van der Waals surface area contributed by atoms with Gasteiger partial charge in [-0.1, -0.05) is 26.2 Å². The number of ether oxygens (including phenoxy) is 5. The smallest absolute Gasteiger partial charge is 0.305 e. The molecule has 0 aromatic rings. The zero-order chi connectivity index (χ0) is 20.6. The van der Waals surface area contributed by atoms with Gasteiger partial charge in [-0.15, -0.1) is 0 Å². The Morgan fingerprint density at radius 2 is 1.19 bits per heavy atom. The van der Waals surface area contributed by atoms with E-state index >= 15 is 0 Å². The summed E-state index contributed by atoms with van der Waals surface area (Å²) in [6.45, 7) is 6.76. The molecule has 1 rings (SSSR count). The van der Waals surface area contributed by atoms with Gasteiger partial charge in [0, 0.05) is 27.7 Å². The van der Waals surface area contributed by atoms with E-state index < -0.39 is 54.6 Å². The van der Waals surface area contributed by atoms with Crippen molar-refractivity contribution in [2.24, 2.45) is 0 Å². The molecule has 154 valence electrons. The maximum atomic E-state index is 11.6. The van der Waals surface area contributed by atoms with E-state index in [0.717, 1.165) is 26.2 Å². The average molecular weight is 388 g/mol. The summed E-state index contributed by atoms with van der Waals surface area (Å²) in [5, 5.41) is 0. The Balaban J connectivity index is 3.23. The van der Waals surface area contributed by atoms with Crippen LogP contribution in [0.5, 0.6) is 0 Å². The minimum absolute atomic E-state index is 0.480. The lowest BCUT2D eigenvalue weighted by Crippen LogP contribution is -2.62. The van der Waals surface area contributed by atoms with Crippen molar-refractivity contribution in [3.63, 3.8) is 0 Å². The first-order valence-corrected chi connectivity index (χ1v) is 9.00. The van der Waals surface area contributed by atoms with Crippen LogP contribution in [0, 0.1) is 0 Å². The van der Waals surface area contributed by atoms with Crippen molar-refractivity contribution in [2.75, 3.05) is 0 Å². The fourth-order valence-electron chi connectivity index (χ4n) is 2.94. The van der Waals surface area contributed by atoms with Crippen LogP contribution in [0.1, 0.15) is 60.3 Å². The van der Waals surface area contributed by atoms with Crippen LogP contribution in [0.2, 0.25) is 0 Å². The van der Waals surface area contributed by atoms with Gasteiger partial charge in [-0.05, 0) is 6.42 Å². The second kappa shape index (κ2) is 10.9. The summed E-state index contributed by atoms with van der Waals surface area (Å²) in [5.74, 6) is -2.61. The maximum Gasteiger partial charge on any atom is 0.305 e. The van der Waals surface area contributed by atoms with Gasteiger partial charge < -0.3 is 23.7 Å². The van der Waals surface area contributed by atoms with Crippen LogP contribution in [0.25, 0.3) is 0 Å². The molecule has 9 heteroatoms. The van der Waals surface area contributed by atoms with Crippen LogP contribution in [-0.4, -0.2) is 54.6 Å². The largest absolute Gasteiger partial charge is 0.456 e. The lowest BCUT2D eigenvalue weighted by atomic mass is 9.94. The Kier molecular flexibility index (Phi) is 9.20. The summed E-state index contributed by atoms with van der Waals surface area (Å²) in [5.41, 5.74) is 0. The number of rotatable bonds is 8. The highest BCUT2D eigenvalue weighted by atomic mass is 16.7.